The number of carbonyl (C=O) groups excluding carboxylic acids is 1. The number of aryl methyl sites for hydroxylation is 2. The summed E-state index contributed by atoms with van der Waals surface area (Å²) in [6, 6.07) is 7.89. The number of pyridine rings is 1. The summed E-state index contributed by atoms with van der Waals surface area (Å²) >= 11 is 1.51. The maximum Gasteiger partial charge on any atom is 0.160 e. The SMILES string of the molecule is Cc1cc(-c2ccc(C=O)s2)cc(C)n1. The molecular weight excluding hydrogens is 206 g/mol. The van der Waals surface area contributed by atoms with E-state index in [0.29, 0.717) is 0 Å². The van der Waals surface area contributed by atoms with E-state index < -0.39 is 0 Å². The predicted molar refractivity (Wildman–Crippen MR) is 62.4 cm³/mol. The Morgan fingerprint density at radius 2 is 1.87 bits per heavy atom. The summed E-state index contributed by atoms with van der Waals surface area (Å²) in [5.41, 5.74) is 3.15. The highest BCUT2D eigenvalue weighted by Gasteiger charge is 2.03. The van der Waals surface area contributed by atoms with Gasteiger partial charge >= 0.3 is 0 Å². The van der Waals surface area contributed by atoms with Gasteiger partial charge in [-0.1, -0.05) is 0 Å². The van der Waals surface area contributed by atoms with Crippen molar-refractivity contribution in [1.82, 2.24) is 4.98 Å². The van der Waals surface area contributed by atoms with Crippen molar-refractivity contribution < 1.29 is 4.79 Å². The molecule has 0 bridgehead atoms. The summed E-state index contributed by atoms with van der Waals surface area (Å²) in [6.07, 6.45) is 0.884. The van der Waals surface area contributed by atoms with E-state index in [4.69, 9.17) is 0 Å². The summed E-state index contributed by atoms with van der Waals surface area (Å²) in [5, 5.41) is 0. The van der Waals surface area contributed by atoms with Crippen LogP contribution in [0.5, 0.6) is 0 Å². The highest BCUT2D eigenvalue weighted by Crippen LogP contribution is 2.27. The minimum absolute atomic E-state index is 0.761. The molecule has 2 aromatic heterocycles. The third kappa shape index (κ3) is 2.13. The molecule has 2 nitrogen and oxygen atoms in total. The Balaban J connectivity index is 2.48. The second-order valence-electron chi connectivity index (χ2n) is 3.46. The Hall–Kier alpha value is -1.48. The van der Waals surface area contributed by atoms with Crippen LogP contribution in [0.2, 0.25) is 0 Å². The topological polar surface area (TPSA) is 30.0 Å². The van der Waals surface area contributed by atoms with Gasteiger partial charge in [-0.15, -0.1) is 11.3 Å². The predicted octanol–water partition coefficient (Wildman–Crippen LogP) is 3.24. The van der Waals surface area contributed by atoms with Gasteiger partial charge in [-0.3, -0.25) is 9.78 Å². The number of nitrogens with zero attached hydrogens (tertiary/aromatic N) is 1. The molecule has 3 heteroatoms. The Labute approximate surface area is 92.6 Å². The van der Waals surface area contributed by atoms with Gasteiger partial charge in [-0.05, 0) is 43.7 Å². The smallest absolute Gasteiger partial charge is 0.160 e. The molecule has 0 atom stereocenters. The van der Waals surface area contributed by atoms with Crippen LogP contribution >= 0.6 is 11.3 Å². The molecule has 0 spiro atoms. The summed E-state index contributed by atoms with van der Waals surface area (Å²) in [6.45, 7) is 3.95. The van der Waals surface area contributed by atoms with Gasteiger partial charge in [0.2, 0.25) is 0 Å². The maximum absolute atomic E-state index is 10.6. The van der Waals surface area contributed by atoms with E-state index in [2.05, 4.69) is 4.98 Å². The molecule has 2 heterocycles. The fourth-order valence-corrected chi connectivity index (χ4v) is 2.36. The molecule has 2 rings (SSSR count). The van der Waals surface area contributed by atoms with E-state index in [1.54, 1.807) is 0 Å². The Morgan fingerprint density at radius 3 is 2.40 bits per heavy atom. The fraction of sp³-hybridized carbons (Fsp3) is 0.167. The molecule has 0 saturated carbocycles. The van der Waals surface area contributed by atoms with Gasteiger partial charge in [0.05, 0.1) is 4.88 Å². The van der Waals surface area contributed by atoms with Crippen molar-refractivity contribution in [2.45, 2.75) is 13.8 Å². The van der Waals surface area contributed by atoms with Crippen molar-refractivity contribution in [3.05, 3.63) is 40.5 Å². The molecule has 0 aliphatic carbocycles. The molecule has 0 fully saturated rings. The molecule has 0 unspecified atom stereocenters. The average molecular weight is 217 g/mol. The van der Waals surface area contributed by atoms with Crippen LogP contribution in [-0.2, 0) is 0 Å². The molecule has 0 saturated heterocycles. The van der Waals surface area contributed by atoms with Crippen LogP contribution in [0.25, 0.3) is 10.4 Å². The molecule has 0 radical (unpaired) electrons. The molecule has 0 amide bonds. The minimum atomic E-state index is 0.761. The highest BCUT2D eigenvalue weighted by molar-refractivity contribution is 7.17. The third-order valence-corrected chi connectivity index (χ3v) is 3.17. The third-order valence-electron chi connectivity index (χ3n) is 2.11. The molecule has 0 aliphatic heterocycles. The zero-order valence-corrected chi connectivity index (χ0v) is 9.47. The first-order chi connectivity index (χ1) is 7.19. The van der Waals surface area contributed by atoms with E-state index in [0.717, 1.165) is 33.0 Å². The van der Waals surface area contributed by atoms with Crippen LogP contribution in [0.15, 0.2) is 24.3 Å². The molecule has 2 aromatic rings. The van der Waals surface area contributed by atoms with Crippen LogP contribution in [0.3, 0.4) is 0 Å². The van der Waals surface area contributed by atoms with Gasteiger partial charge < -0.3 is 0 Å². The van der Waals surface area contributed by atoms with E-state index in [-0.39, 0.29) is 0 Å². The van der Waals surface area contributed by atoms with E-state index in [1.807, 2.05) is 38.1 Å². The lowest BCUT2D eigenvalue weighted by molar-refractivity contribution is 0.112. The number of aromatic nitrogens is 1. The normalized spacial score (nSPS) is 10.3. The Kier molecular flexibility index (Phi) is 2.64. The standard InChI is InChI=1S/C12H11NOS/c1-8-5-10(6-9(2)13-8)12-4-3-11(7-14)15-12/h3-7H,1-2H3. The van der Waals surface area contributed by atoms with Gasteiger partial charge in [0.25, 0.3) is 0 Å². The zero-order valence-electron chi connectivity index (χ0n) is 8.65. The molecule has 0 aromatic carbocycles. The lowest BCUT2D eigenvalue weighted by atomic mass is 10.1. The van der Waals surface area contributed by atoms with Crippen molar-refractivity contribution >= 4 is 17.6 Å². The fourth-order valence-electron chi connectivity index (χ4n) is 1.55. The van der Waals surface area contributed by atoms with Crippen molar-refractivity contribution in [2.75, 3.05) is 0 Å². The first-order valence-electron chi connectivity index (χ1n) is 4.70. The number of thiophene rings is 1. The number of aldehydes is 1. The second kappa shape index (κ2) is 3.95. The molecule has 0 aliphatic rings. The van der Waals surface area contributed by atoms with E-state index in [1.165, 1.54) is 11.3 Å². The summed E-state index contributed by atoms with van der Waals surface area (Å²) in [7, 11) is 0. The quantitative estimate of drug-likeness (QED) is 0.723. The lowest BCUT2D eigenvalue weighted by Gasteiger charge is -2.01. The van der Waals surface area contributed by atoms with Gasteiger partial charge in [0, 0.05) is 16.3 Å². The van der Waals surface area contributed by atoms with Crippen molar-refractivity contribution in [3.8, 4) is 10.4 Å². The number of hydrogen-bond acceptors (Lipinski definition) is 3. The Bertz CT molecular complexity index is 482. The van der Waals surface area contributed by atoms with Gasteiger partial charge in [-0.25, -0.2) is 0 Å². The number of carbonyl (C=O) groups is 1. The maximum atomic E-state index is 10.6. The van der Waals surface area contributed by atoms with Crippen LogP contribution < -0.4 is 0 Å². The number of hydrogen-bond donors (Lipinski definition) is 0. The minimum Gasteiger partial charge on any atom is -0.297 e. The summed E-state index contributed by atoms with van der Waals surface area (Å²) in [5.74, 6) is 0. The van der Waals surface area contributed by atoms with E-state index >= 15 is 0 Å². The second-order valence-corrected chi connectivity index (χ2v) is 4.57. The first kappa shape index (κ1) is 10.1. The molecule has 76 valence electrons. The van der Waals surface area contributed by atoms with Crippen LogP contribution in [0.4, 0.5) is 0 Å². The van der Waals surface area contributed by atoms with Crippen LogP contribution in [0.1, 0.15) is 21.1 Å². The van der Waals surface area contributed by atoms with E-state index in [9.17, 15) is 4.79 Å². The largest absolute Gasteiger partial charge is 0.297 e. The van der Waals surface area contributed by atoms with Crippen LogP contribution in [0, 0.1) is 13.8 Å². The first-order valence-corrected chi connectivity index (χ1v) is 5.51. The monoisotopic (exact) mass is 217 g/mol. The number of rotatable bonds is 2. The van der Waals surface area contributed by atoms with Crippen LogP contribution in [-0.4, -0.2) is 11.3 Å². The van der Waals surface area contributed by atoms with Gasteiger partial charge in [-0.2, -0.15) is 0 Å². The molecular formula is C12H11NOS. The Morgan fingerprint density at radius 1 is 1.20 bits per heavy atom. The summed E-state index contributed by atoms with van der Waals surface area (Å²) in [4.78, 5) is 16.8. The van der Waals surface area contributed by atoms with Gasteiger partial charge in [0.1, 0.15) is 0 Å². The van der Waals surface area contributed by atoms with Crippen molar-refractivity contribution in [2.24, 2.45) is 0 Å². The summed E-state index contributed by atoms with van der Waals surface area (Å²) < 4.78 is 0. The van der Waals surface area contributed by atoms with Gasteiger partial charge in [0.15, 0.2) is 6.29 Å². The van der Waals surface area contributed by atoms with Crippen molar-refractivity contribution in [3.63, 3.8) is 0 Å². The highest BCUT2D eigenvalue weighted by atomic mass is 32.1. The zero-order chi connectivity index (χ0) is 10.8. The van der Waals surface area contributed by atoms with Crippen molar-refractivity contribution in [1.29, 1.82) is 0 Å². The average Bonchev–Trinajstić information content (AvgIpc) is 2.64. The molecule has 15 heavy (non-hydrogen) atoms. The lowest BCUT2D eigenvalue weighted by Crippen LogP contribution is -1.86. The molecule has 0 N–H and O–H groups in total.